The van der Waals surface area contributed by atoms with Gasteiger partial charge in [0.2, 0.25) is 0 Å². The highest BCUT2D eigenvalue weighted by molar-refractivity contribution is 7.85. The van der Waals surface area contributed by atoms with Gasteiger partial charge in [-0.1, -0.05) is 192 Å². The Kier molecular flexibility index (Phi) is 44.8. The molecular formula is C54H99NO9S. The molecule has 0 fully saturated rings. The molecule has 0 aliphatic rings. The Morgan fingerprint density at radius 1 is 0.431 bits per heavy atom. The topological polar surface area (TPSA) is 145 Å². The molecule has 11 heteroatoms. The molecule has 0 saturated heterocycles. The van der Waals surface area contributed by atoms with Gasteiger partial charge in [-0.05, 0) is 77.0 Å². The van der Waals surface area contributed by atoms with Crippen LogP contribution in [0, 0.1) is 0 Å². The van der Waals surface area contributed by atoms with Crippen LogP contribution in [0.3, 0.4) is 0 Å². The average Bonchev–Trinajstić information content (AvgIpc) is 3.28. The van der Waals surface area contributed by atoms with Crippen LogP contribution in [-0.2, 0) is 38.7 Å². The van der Waals surface area contributed by atoms with E-state index in [0.717, 1.165) is 96.3 Å². The van der Waals surface area contributed by atoms with Gasteiger partial charge in [0.05, 0.1) is 12.2 Å². The molecule has 0 unspecified atom stereocenters. The van der Waals surface area contributed by atoms with Crippen molar-refractivity contribution in [3.63, 3.8) is 0 Å². The van der Waals surface area contributed by atoms with Crippen molar-refractivity contribution in [3.8, 4) is 0 Å². The van der Waals surface area contributed by atoms with E-state index in [-0.39, 0.29) is 45.6 Å². The number of carbonyl (C=O) groups is 3. The standard InChI is InChI=1S/C54H99NO9S/c1-4-7-10-13-16-19-21-23-25-27-29-32-35-38-41-44-52(57)63-49-54(55-46-47-65(59,60)61,48-62-51(56)43-40-37-34-31-18-15-12-9-6-3)50-64-53(58)45-42-39-36-33-30-28-26-24-22-20-17-14-11-8-5-2/h23-26,37,40,55H,4-22,27-36,38-39,41-50H2,1-3H3,(H,59,60,61)/b25-23+,26-24+,40-37+. The molecule has 2 N–H and O–H groups in total. The van der Waals surface area contributed by atoms with Crippen molar-refractivity contribution in [3.05, 3.63) is 36.5 Å². The van der Waals surface area contributed by atoms with Gasteiger partial charge >= 0.3 is 17.9 Å². The monoisotopic (exact) mass is 938 g/mol. The molecule has 0 rings (SSSR count). The third kappa shape index (κ3) is 46.4. The lowest BCUT2D eigenvalue weighted by molar-refractivity contribution is -0.156. The fourth-order valence-corrected chi connectivity index (χ4v) is 7.96. The summed E-state index contributed by atoms with van der Waals surface area (Å²) in [6.07, 6.45) is 51.3. The number of hydrogen-bond acceptors (Lipinski definition) is 9. The minimum Gasteiger partial charge on any atom is -0.463 e. The molecule has 0 spiro atoms. The summed E-state index contributed by atoms with van der Waals surface area (Å²) in [5.74, 6) is -2.01. The van der Waals surface area contributed by atoms with Crippen molar-refractivity contribution >= 4 is 28.0 Å². The zero-order chi connectivity index (χ0) is 47.8. The predicted octanol–water partition coefficient (Wildman–Crippen LogP) is 14.6. The third-order valence-electron chi connectivity index (χ3n) is 11.8. The Bertz CT molecular complexity index is 1260. The van der Waals surface area contributed by atoms with Crippen molar-refractivity contribution in [2.75, 3.05) is 32.1 Å². The Morgan fingerprint density at radius 3 is 1.06 bits per heavy atom. The highest BCUT2D eigenvalue weighted by Gasteiger charge is 2.36. The number of nitrogens with one attached hydrogen (secondary N) is 1. The molecule has 0 aromatic heterocycles. The molecular weight excluding hydrogens is 839 g/mol. The van der Waals surface area contributed by atoms with Crippen LogP contribution in [0.1, 0.15) is 252 Å². The van der Waals surface area contributed by atoms with Crippen LogP contribution in [0.15, 0.2) is 36.5 Å². The van der Waals surface area contributed by atoms with Crippen molar-refractivity contribution in [2.24, 2.45) is 0 Å². The van der Waals surface area contributed by atoms with E-state index in [1.165, 1.54) is 103 Å². The first-order valence-corrected chi connectivity index (χ1v) is 28.3. The predicted molar refractivity (Wildman–Crippen MR) is 271 cm³/mol. The summed E-state index contributed by atoms with van der Waals surface area (Å²) < 4.78 is 49.8. The summed E-state index contributed by atoms with van der Waals surface area (Å²) in [5.41, 5.74) is -1.42. The van der Waals surface area contributed by atoms with Gasteiger partial charge < -0.3 is 19.5 Å². The minimum absolute atomic E-state index is 0.0431. The van der Waals surface area contributed by atoms with Gasteiger partial charge in [0, 0.05) is 19.4 Å². The molecule has 380 valence electrons. The largest absolute Gasteiger partial charge is 0.463 e. The summed E-state index contributed by atoms with van der Waals surface area (Å²) in [5, 5.41) is 3.00. The Labute approximate surface area is 399 Å². The molecule has 0 atom stereocenters. The van der Waals surface area contributed by atoms with Crippen LogP contribution in [-0.4, -0.2) is 68.5 Å². The van der Waals surface area contributed by atoms with Crippen LogP contribution in [0.5, 0.6) is 0 Å². The number of carbonyl (C=O) groups excluding carboxylic acids is 3. The molecule has 0 aliphatic carbocycles. The number of ether oxygens (including phenoxy) is 3. The van der Waals surface area contributed by atoms with Gasteiger partial charge in [-0.15, -0.1) is 0 Å². The molecule has 0 saturated carbocycles. The van der Waals surface area contributed by atoms with E-state index >= 15 is 0 Å². The SMILES string of the molecule is CCCCCCCC/C=C/CCCCCCCC(=O)OCC(COC(=O)C/C=C/CCCCCCCC)(COC(=O)CCCCCCC/C=C/CCCCCCCC)NCCS(=O)(=O)O. The third-order valence-corrected chi connectivity index (χ3v) is 12.6. The highest BCUT2D eigenvalue weighted by atomic mass is 32.2. The Balaban J connectivity index is 5.11. The number of unbranched alkanes of at least 4 members (excludes halogenated alkanes) is 28. The first-order valence-electron chi connectivity index (χ1n) is 26.7. The Morgan fingerprint density at radius 2 is 0.723 bits per heavy atom. The van der Waals surface area contributed by atoms with E-state index in [2.05, 4.69) is 50.4 Å². The summed E-state index contributed by atoms with van der Waals surface area (Å²) in [6, 6.07) is 0. The smallest absolute Gasteiger partial charge is 0.309 e. The average molecular weight is 938 g/mol. The van der Waals surface area contributed by atoms with Gasteiger partial charge in [-0.3, -0.25) is 18.9 Å². The zero-order valence-electron chi connectivity index (χ0n) is 42.1. The van der Waals surface area contributed by atoms with E-state index in [1.54, 1.807) is 6.08 Å². The summed E-state index contributed by atoms with van der Waals surface area (Å²) >= 11 is 0. The van der Waals surface area contributed by atoms with Crippen molar-refractivity contribution in [1.29, 1.82) is 0 Å². The first-order chi connectivity index (χ1) is 31.6. The first kappa shape index (κ1) is 62.5. The lowest BCUT2D eigenvalue weighted by Crippen LogP contribution is -2.58. The van der Waals surface area contributed by atoms with Gasteiger partial charge in [0.25, 0.3) is 10.1 Å². The second-order valence-electron chi connectivity index (χ2n) is 18.4. The van der Waals surface area contributed by atoms with Gasteiger partial charge in [-0.2, -0.15) is 8.42 Å². The lowest BCUT2D eigenvalue weighted by atomic mass is 10.0. The molecule has 0 aliphatic heterocycles. The maximum Gasteiger partial charge on any atom is 0.309 e. The van der Waals surface area contributed by atoms with Gasteiger partial charge in [0.15, 0.2) is 0 Å². The van der Waals surface area contributed by atoms with E-state index in [0.29, 0.717) is 12.8 Å². The summed E-state index contributed by atoms with van der Waals surface area (Å²) in [7, 11) is -4.34. The molecule has 0 aromatic carbocycles. The van der Waals surface area contributed by atoms with Crippen molar-refractivity contribution in [1.82, 2.24) is 5.32 Å². The molecule has 0 radical (unpaired) electrons. The lowest BCUT2D eigenvalue weighted by Gasteiger charge is -2.33. The fourth-order valence-electron chi connectivity index (χ4n) is 7.60. The molecule has 10 nitrogen and oxygen atoms in total. The fraction of sp³-hybridized carbons (Fsp3) is 0.833. The molecule has 0 amide bonds. The van der Waals surface area contributed by atoms with Gasteiger partial charge in [0.1, 0.15) is 25.4 Å². The second kappa shape index (κ2) is 46.6. The van der Waals surface area contributed by atoms with Gasteiger partial charge in [-0.25, -0.2) is 0 Å². The minimum atomic E-state index is -4.34. The maximum absolute atomic E-state index is 13.0. The van der Waals surface area contributed by atoms with E-state index in [4.69, 9.17) is 14.2 Å². The zero-order valence-corrected chi connectivity index (χ0v) is 42.9. The van der Waals surface area contributed by atoms with Crippen molar-refractivity contribution < 1.29 is 41.6 Å². The van der Waals surface area contributed by atoms with Crippen LogP contribution >= 0.6 is 0 Å². The normalized spacial score (nSPS) is 12.2. The molecule has 65 heavy (non-hydrogen) atoms. The Hall–Kier alpha value is -2.50. The van der Waals surface area contributed by atoms with Crippen LogP contribution < -0.4 is 5.32 Å². The quantitative estimate of drug-likeness (QED) is 0.0199. The van der Waals surface area contributed by atoms with Crippen LogP contribution in [0.4, 0.5) is 0 Å². The summed E-state index contributed by atoms with van der Waals surface area (Å²) in [4.78, 5) is 38.8. The highest BCUT2D eigenvalue weighted by Crippen LogP contribution is 2.16. The molecule has 0 heterocycles. The number of allylic oxidation sites excluding steroid dienone is 5. The molecule has 0 bridgehead atoms. The second-order valence-corrected chi connectivity index (χ2v) is 19.9. The molecule has 0 aromatic rings. The van der Waals surface area contributed by atoms with Crippen LogP contribution in [0.25, 0.3) is 0 Å². The number of hydrogen-bond donors (Lipinski definition) is 2. The van der Waals surface area contributed by atoms with E-state index < -0.39 is 39.3 Å². The number of esters is 3. The van der Waals surface area contributed by atoms with Crippen LogP contribution in [0.2, 0.25) is 0 Å². The summed E-state index contributed by atoms with van der Waals surface area (Å²) in [6.45, 7) is 5.48. The van der Waals surface area contributed by atoms with E-state index in [1.807, 2.05) is 6.08 Å². The van der Waals surface area contributed by atoms with E-state index in [9.17, 15) is 27.4 Å². The number of rotatable bonds is 49. The maximum atomic E-state index is 13.0. The van der Waals surface area contributed by atoms with Crippen molar-refractivity contribution in [2.45, 2.75) is 257 Å².